The van der Waals surface area contributed by atoms with Crippen LogP contribution >= 0.6 is 0 Å². The molecule has 0 heterocycles. The molecule has 2 aromatic carbocycles. The maximum atomic E-state index is 9.59. The summed E-state index contributed by atoms with van der Waals surface area (Å²) in [4.78, 5) is 0. The summed E-state index contributed by atoms with van der Waals surface area (Å²) in [6, 6.07) is 14.8. The van der Waals surface area contributed by atoms with E-state index >= 15 is 0 Å². The van der Waals surface area contributed by atoms with Crippen LogP contribution in [0, 0.1) is 20.8 Å². The van der Waals surface area contributed by atoms with Crippen LogP contribution in [-0.4, -0.2) is 17.8 Å². The highest BCUT2D eigenvalue weighted by Gasteiger charge is 2.10. The molecular formula is C19H25NO. The van der Waals surface area contributed by atoms with Crippen LogP contribution < -0.4 is 5.32 Å². The fourth-order valence-electron chi connectivity index (χ4n) is 2.84. The Kier molecular flexibility index (Phi) is 5.54. The van der Waals surface area contributed by atoms with Crippen LogP contribution in [-0.2, 0) is 13.0 Å². The summed E-state index contributed by atoms with van der Waals surface area (Å²) < 4.78 is 0. The predicted octanol–water partition coefficient (Wildman–Crippen LogP) is 3.31. The molecule has 0 saturated heterocycles. The van der Waals surface area contributed by atoms with Gasteiger partial charge in [0.25, 0.3) is 0 Å². The van der Waals surface area contributed by atoms with E-state index in [1.807, 2.05) is 18.2 Å². The topological polar surface area (TPSA) is 32.3 Å². The molecule has 0 aliphatic carbocycles. The minimum absolute atomic E-state index is 0.0903. The van der Waals surface area contributed by atoms with Gasteiger partial charge in [0, 0.05) is 12.6 Å². The van der Waals surface area contributed by atoms with Crippen molar-refractivity contribution in [3.8, 4) is 0 Å². The standard InChI is InChI=1S/C19H25NO/c1-14-9-15(2)19(16(3)10-14)12-20-18(13-21)11-17-7-5-4-6-8-17/h4-10,18,20-21H,11-13H2,1-3H3/t18-/m1/s1. The highest BCUT2D eigenvalue weighted by Crippen LogP contribution is 2.16. The fourth-order valence-corrected chi connectivity index (χ4v) is 2.84. The van der Waals surface area contributed by atoms with E-state index in [4.69, 9.17) is 0 Å². The zero-order valence-electron chi connectivity index (χ0n) is 13.2. The van der Waals surface area contributed by atoms with Gasteiger partial charge in [0.15, 0.2) is 0 Å². The first kappa shape index (κ1) is 15.7. The Morgan fingerprint density at radius 2 is 1.62 bits per heavy atom. The number of nitrogens with one attached hydrogen (secondary N) is 1. The largest absolute Gasteiger partial charge is 0.395 e. The van der Waals surface area contributed by atoms with Crippen molar-refractivity contribution in [2.75, 3.05) is 6.61 Å². The summed E-state index contributed by atoms with van der Waals surface area (Å²) in [7, 11) is 0. The molecule has 0 saturated carbocycles. The second-order valence-corrected chi connectivity index (χ2v) is 5.83. The van der Waals surface area contributed by atoms with Crippen molar-refractivity contribution in [2.24, 2.45) is 0 Å². The van der Waals surface area contributed by atoms with Crippen molar-refractivity contribution >= 4 is 0 Å². The number of aryl methyl sites for hydroxylation is 3. The third-order valence-corrected chi connectivity index (χ3v) is 3.95. The minimum Gasteiger partial charge on any atom is -0.395 e. The molecule has 0 spiro atoms. The van der Waals surface area contributed by atoms with Crippen molar-refractivity contribution in [1.82, 2.24) is 5.32 Å². The van der Waals surface area contributed by atoms with Crippen molar-refractivity contribution < 1.29 is 5.11 Å². The van der Waals surface area contributed by atoms with Gasteiger partial charge < -0.3 is 10.4 Å². The lowest BCUT2D eigenvalue weighted by atomic mass is 9.99. The maximum absolute atomic E-state index is 9.59. The van der Waals surface area contributed by atoms with Gasteiger partial charge in [-0.3, -0.25) is 0 Å². The van der Waals surface area contributed by atoms with Gasteiger partial charge in [-0.15, -0.1) is 0 Å². The van der Waals surface area contributed by atoms with Crippen molar-refractivity contribution in [3.63, 3.8) is 0 Å². The van der Waals surface area contributed by atoms with E-state index < -0.39 is 0 Å². The molecular weight excluding hydrogens is 258 g/mol. The molecule has 0 amide bonds. The van der Waals surface area contributed by atoms with E-state index in [0.717, 1.165) is 13.0 Å². The second-order valence-electron chi connectivity index (χ2n) is 5.83. The summed E-state index contributed by atoms with van der Waals surface area (Å²) in [5, 5.41) is 13.1. The zero-order valence-corrected chi connectivity index (χ0v) is 13.2. The Hall–Kier alpha value is -1.64. The van der Waals surface area contributed by atoms with Crippen LogP contribution in [0.4, 0.5) is 0 Å². The van der Waals surface area contributed by atoms with Gasteiger partial charge in [0.05, 0.1) is 6.61 Å². The third kappa shape index (κ3) is 4.42. The fraction of sp³-hybridized carbons (Fsp3) is 0.368. The molecule has 1 atom stereocenters. The summed E-state index contributed by atoms with van der Waals surface area (Å²) >= 11 is 0. The Morgan fingerprint density at radius 1 is 1.00 bits per heavy atom. The molecule has 0 aromatic heterocycles. The van der Waals surface area contributed by atoms with Crippen LogP contribution in [0.25, 0.3) is 0 Å². The van der Waals surface area contributed by atoms with E-state index in [0.29, 0.717) is 0 Å². The number of benzene rings is 2. The van der Waals surface area contributed by atoms with Gasteiger partial charge in [-0.05, 0) is 49.4 Å². The predicted molar refractivity (Wildman–Crippen MR) is 88.5 cm³/mol. The number of aliphatic hydroxyl groups excluding tert-OH is 1. The van der Waals surface area contributed by atoms with E-state index in [2.05, 4.69) is 50.4 Å². The molecule has 0 aliphatic heterocycles. The van der Waals surface area contributed by atoms with Gasteiger partial charge in [0.1, 0.15) is 0 Å². The summed E-state index contributed by atoms with van der Waals surface area (Å²) in [6.07, 6.45) is 0.849. The van der Waals surface area contributed by atoms with Crippen LogP contribution in [0.1, 0.15) is 27.8 Å². The van der Waals surface area contributed by atoms with Crippen LogP contribution in [0.2, 0.25) is 0 Å². The lowest BCUT2D eigenvalue weighted by molar-refractivity contribution is 0.240. The van der Waals surface area contributed by atoms with Crippen molar-refractivity contribution in [1.29, 1.82) is 0 Å². The second kappa shape index (κ2) is 7.39. The van der Waals surface area contributed by atoms with Crippen molar-refractivity contribution in [3.05, 3.63) is 70.3 Å². The molecule has 0 unspecified atom stereocenters. The molecule has 21 heavy (non-hydrogen) atoms. The average Bonchev–Trinajstić information content (AvgIpc) is 2.46. The molecule has 2 aromatic rings. The van der Waals surface area contributed by atoms with Crippen molar-refractivity contribution in [2.45, 2.75) is 39.8 Å². The highest BCUT2D eigenvalue weighted by atomic mass is 16.3. The molecule has 2 N–H and O–H groups in total. The van der Waals surface area contributed by atoms with Crippen LogP contribution in [0.3, 0.4) is 0 Å². The monoisotopic (exact) mass is 283 g/mol. The molecule has 0 aliphatic rings. The van der Waals surface area contributed by atoms with Crippen LogP contribution in [0.5, 0.6) is 0 Å². The van der Waals surface area contributed by atoms with Gasteiger partial charge in [-0.2, -0.15) is 0 Å². The molecule has 0 bridgehead atoms. The third-order valence-electron chi connectivity index (χ3n) is 3.95. The molecule has 2 heteroatoms. The molecule has 112 valence electrons. The van der Waals surface area contributed by atoms with E-state index in [9.17, 15) is 5.11 Å². The maximum Gasteiger partial charge on any atom is 0.0587 e. The van der Waals surface area contributed by atoms with Gasteiger partial charge in [-0.25, -0.2) is 0 Å². The van der Waals surface area contributed by atoms with E-state index in [1.165, 1.54) is 27.8 Å². The van der Waals surface area contributed by atoms with E-state index in [1.54, 1.807) is 0 Å². The number of aliphatic hydroxyl groups is 1. The average molecular weight is 283 g/mol. The quantitative estimate of drug-likeness (QED) is 0.852. The van der Waals surface area contributed by atoms with Gasteiger partial charge in [-0.1, -0.05) is 48.0 Å². The Balaban J connectivity index is 2.00. The first-order valence-electron chi connectivity index (χ1n) is 7.55. The minimum atomic E-state index is 0.0903. The molecule has 0 radical (unpaired) electrons. The zero-order chi connectivity index (χ0) is 15.2. The van der Waals surface area contributed by atoms with E-state index in [-0.39, 0.29) is 12.6 Å². The summed E-state index contributed by atoms with van der Waals surface area (Å²) in [6.45, 7) is 7.39. The normalized spacial score (nSPS) is 12.4. The molecule has 2 rings (SSSR count). The molecule has 2 nitrogen and oxygen atoms in total. The summed E-state index contributed by atoms with van der Waals surface area (Å²) in [5.41, 5.74) is 6.53. The lowest BCUT2D eigenvalue weighted by Gasteiger charge is -2.19. The Morgan fingerprint density at radius 3 is 2.19 bits per heavy atom. The first-order chi connectivity index (χ1) is 10.1. The van der Waals surface area contributed by atoms with Crippen LogP contribution in [0.15, 0.2) is 42.5 Å². The Labute approximate surface area is 127 Å². The SMILES string of the molecule is Cc1cc(C)c(CN[C@@H](CO)Cc2ccccc2)c(C)c1. The van der Waals surface area contributed by atoms with Gasteiger partial charge >= 0.3 is 0 Å². The smallest absolute Gasteiger partial charge is 0.0587 e. The first-order valence-corrected chi connectivity index (χ1v) is 7.55. The number of hydrogen-bond donors (Lipinski definition) is 2. The molecule has 0 fully saturated rings. The number of hydrogen-bond acceptors (Lipinski definition) is 2. The number of rotatable bonds is 6. The summed E-state index contributed by atoms with van der Waals surface area (Å²) in [5.74, 6) is 0. The van der Waals surface area contributed by atoms with Gasteiger partial charge in [0.2, 0.25) is 0 Å². The highest BCUT2D eigenvalue weighted by molar-refractivity contribution is 5.37. The lowest BCUT2D eigenvalue weighted by Crippen LogP contribution is -2.34. The Bertz CT molecular complexity index is 554.